The number of nitrogens with one attached hydrogen (secondary N) is 1. The molecule has 0 heterocycles. The Labute approximate surface area is 128 Å². The van der Waals surface area contributed by atoms with Crippen molar-refractivity contribution in [2.45, 2.75) is 64.7 Å². The van der Waals surface area contributed by atoms with Gasteiger partial charge in [0.1, 0.15) is 5.75 Å². The predicted molar refractivity (Wildman–Crippen MR) is 86.5 cm³/mol. The van der Waals surface area contributed by atoms with Crippen molar-refractivity contribution >= 4 is 0 Å². The Morgan fingerprint density at radius 1 is 1.29 bits per heavy atom. The molecule has 1 fully saturated rings. The summed E-state index contributed by atoms with van der Waals surface area (Å²) >= 11 is 0. The van der Waals surface area contributed by atoms with Crippen LogP contribution in [0, 0.1) is 5.92 Å². The van der Waals surface area contributed by atoms with Gasteiger partial charge >= 0.3 is 0 Å². The van der Waals surface area contributed by atoms with Gasteiger partial charge in [-0.05, 0) is 51.5 Å². The molecule has 0 saturated heterocycles. The fourth-order valence-electron chi connectivity index (χ4n) is 2.92. The van der Waals surface area contributed by atoms with Gasteiger partial charge < -0.3 is 15.2 Å². The van der Waals surface area contributed by atoms with Crippen LogP contribution < -0.4 is 10.1 Å². The van der Waals surface area contributed by atoms with E-state index >= 15 is 0 Å². The molecule has 0 aromatic heterocycles. The fourth-order valence-corrected chi connectivity index (χ4v) is 2.92. The van der Waals surface area contributed by atoms with Crippen molar-refractivity contribution in [2.75, 3.05) is 6.54 Å². The molecule has 0 radical (unpaired) electrons. The lowest BCUT2D eigenvalue weighted by atomic mass is 9.79. The molecule has 0 spiro atoms. The van der Waals surface area contributed by atoms with Crippen molar-refractivity contribution in [3.05, 3.63) is 29.8 Å². The highest BCUT2D eigenvalue weighted by Gasteiger charge is 2.31. The maximum atomic E-state index is 10.6. The molecule has 3 nitrogen and oxygen atoms in total. The third kappa shape index (κ3) is 5.01. The second-order valence-electron chi connectivity index (χ2n) is 6.78. The average Bonchev–Trinajstić information content (AvgIpc) is 2.44. The summed E-state index contributed by atoms with van der Waals surface area (Å²) < 4.78 is 5.82. The monoisotopic (exact) mass is 291 g/mol. The summed E-state index contributed by atoms with van der Waals surface area (Å²) in [4.78, 5) is 0. The first-order valence-electron chi connectivity index (χ1n) is 8.16. The summed E-state index contributed by atoms with van der Waals surface area (Å²) in [6.45, 7) is 7.75. The Morgan fingerprint density at radius 2 is 1.95 bits per heavy atom. The quantitative estimate of drug-likeness (QED) is 0.843. The smallest absolute Gasteiger partial charge is 0.124 e. The molecule has 0 amide bonds. The topological polar surface area (TPSA) is 41.5 Å². The molecule has 0 unspecified atom stereocenters. The van der Waals surface area contributed by atoms with Crippen molar-refractivity contribution in [3.63, 3.8) is 0 Å². The van der Waals surface area contributed by atoms with E-state index in [1.807, 2.05) is 32.0 Å². The minimum absolute atomic E-state index is 0.176. The third-order valence-corrected chi connectivity index (χ3v) is 4.31. The molecule has 1 aliphatic carbocycles. The zero-order valence-corrected chi connectivity index (χ0v) is 13.6. The minimum Gasteiger partial charge on any atom is -0.491 e. The van der Waals surface area contributed by atoms with Gasteiger partial charge in [-0.15, -0.1) is 0 Å². The van der Waals surface area contributed by atoms with Crippen LogP contribution in [0.3, 0.4) is 0 Å². The molecule has 1 aliphatic rings. The van der Waals surface area contributed by atoms with E-state index in [4.69, 9.17) is 4.74 Å². The van der Waals surface area contributed by atoms with Crippen LogP contribution in [0.25, 0.3) is 0 Å². The van der Waals surface area contributed by atoms with E-state index in [1.165, 1.54) is 0 Å². The Bertz CT molecular complexity index is 437. The zero-order valence-electron chi connectivity index (χ0n) is 13.6. The second-order valence-corrected chi connectivity index (χ2v) is 6.78. The highest BCUT2D eigenvalue weighted by atomic mass is 16.5. The summed E-state index contributed by atoms with van der Waals surface area (Å²) in [5, 5.41) is 14.0. The van der Waals surface area contributed by atoms with Crippen molar-refractivity contribution in [1.82, 2.24) is 5.32 Å². The van der Waals surface area contributed by atoms with Gasteiger partial charge in [0.15, 0.2) is 0 Å². The fraction of sp³-hybridized carbons (Fsp3) is 0.667. The lowest BCUT2D eigenvalue weighted by molar-refractivity contribution is -0.00635. The number of rotatable bonds is 6. The van der Waals surface area contributed by atoms with Crippen molar-refractivity contribution in [3.8, 4) is 5.75 Å². The van der Waals surface area contributed by atoms with Gasteiger partial charge in [0, 0.05) is 18.7 Å². The summed E-state index contributed by atoms with van der Waals surface area (Å²) in [6, 6.07) is 8.12. The Morgan fingerprint density at radius 3 is 2.62 bits per heavy atom. The van der Waals surface area contributed by atoms with Crippen LogP contribution in [-0.4, -0.2) is 23.4 Å². The molecule has 0 atom stereocenters. The SMILES string of the molecule is CC1CCC(O)(CNCc2ccccc2OC(C)C)CC1. The highest BCUT2D eigenvalue weighted by molar-refractivity contribution is 5.33. The summed E-state index contributed by atoms with van der Waals surface area (Å²) in [7, 11) is 0. The Balaban J connectivity index is 1.86. The van der Waals surface area contributed by atoms with Crippen LogP contribution in [0.2, 0.25) is 0 Å². The molecular formula is C18H29NO2. The molecule has 3 heteroatoms. The van der Waals surface area contributed by atoms with Crippen molar-refractivity contribution in [2.24, 2.45) is 5.92 Å². The molecule has 2 rings (SSSR count). The van der Waals surface area contributed by atoms with Gasteiger partial charge in [-0.2, -0.15) is 0 Å². The largest absolute Gasteiger partial charge is 0.491 e. The van der Waals surface area contributed by atoms with Gasteiger partial charge in [0.25, 0.3) is 0 Å². The number of hydrogen-bond acceptors (Lipinski definition) is 3. The third-order valence-electron chi connectivity index (χ3n) is 4.31. The van der Waals surface area contributed by atoms with Gasteiger partial charge in [0.05, 0.1) is 11.7 Å². The van der Waals surface area contributed by atoms with Crippen molar-refractivity contribution < 1.29 is 9.84 Å². The molecule has 1 aromatic rings. The van der Waals surface area contributed by atoms with Crippen LogP contribution in [0.1, 0.15) is 52.0 Å². The lowest BCUT2D eigenvalue weighted by Crippen LogP contribution is -2.43. The molecule has 21 heavy (non-hydrogen) atoms. The molecule has 0 bridgehead atoms. The van der Waals surface area contributed by atoms with E-state index < -0.39 is 5.60 Å². The van der Waals surface area contributed by atoms with Crippen molar-refractivity contribution in [1.29, 1.82) is 0 Å². The summed E-state index contributed by atoms with van der Waals surface area (Å²) in [5.41, 5.74) is 0.624. The Kier molecular flexibility index (Phi) is 5.65. The van der Waals surface area contributed by atoms with E-state index in [0.29, 0.717) is 6.54 Å². The van der Waals surface area contributed by atoms with E-state index in [-0.39, 0.29) is 6.10 Å². The van der Waals surface area contributed by atoms with E-state index in [1.54, 1.807) is 0 Å². The normalized spacial score (nSPS) is 26.0. The minimum atomic E-state index is -0.527. The number of aliphatic hydroxyl groups is 1. The van der Waals surface area contributed by atoms with Gasteiger partial charge in [-0.1, -0.05) is 25.1 Å². The summed E-state index contributed by atoms with van der Waals surface area (Å²) in [5.74, 6) is 1.69. The van der Waals surface area contributed by atoms with E-state index in [0.717, 1.165) is 49.5 Å². The van der Waals surface area contributed by atoms with Gasteiger partial charge in [-0.3, -0.25) is 0 Å². The van der Waals surface area contributed by atoms with E-state index in [9.17, 15) is 5.11 Å². The average molecular weight is 291 g/mol. The maximum absolute atomic E-state index is 10.6. The van der Waals surface area contributed by atoms with Gasteiger partial charge in [-0.25, -0.2) is 0 Å². The summed E-state index contributed by atoms with van der Waals surface area (Å²) in [6.07, 6.45) is 4.25. The maximum Gasteiger partial charge on any atom is 0.124 e. The first-order chi connectivity index (χ1) is 9.98. The number of hydrogen-bond donors (Lipinski definition) is 2. The van der Waals surface area contributed by atoms with E-state index in [2.05, 4.69) is 18.3 Å². The van der Waals surface area contributed by atoms with Crippen LogP contribution in [-0.2, 0) is 6.54 Å². The highest BCUT2D eigenvalue weighted by Crippen LogP contribution is 2.31. The van der Waals surface area contributed by atoms with Gasteiger partial charge in [0.2, 0.25) is 0 Å². The molecule has 0 aliphatic heterocycles. The molecule has 1 saturated carbocycles. The second kappa shape index (κ2) is 7.28. The first-order valence-corrected chi connectivity index (χ1v) is 8.16. The van der Waals surface area contributed by atoms with Crippen LogP contribution in [0.4, 0.5) is 0 Å². The van der Waals surface area contributed by atoms with Crippen LogP contribution in [0.5, 0.6) is 5.75 Å². The number of para-hydroxylation sites is 1. The number of ether oxygens (including phenoxy) is 1. The first kappa shape index (κ1) is 16.3. The molecule has 1 aromatic carbocycles. The van der Waals surface area contributed by atoms with Crippen LogP contribution in [0.15, 0.2) is 24.3 Å². The molecule has 2 N–H and O–H groups in total. The van der Waals surface area contributed by atoms with Crippen LogP contribution >= 0.6 is 0 Å². The Hall–Kier alpha value is -1.06. The standard InChI is InChI=1S/C18H29NO2/c1-14(2)21-17-7-5-4-6-16(17)12-19-13-18(20)10-8-15(3)9-11-18/h4-7,14-15,19-20H,8-13H2,1-3H3. The molecular weight excluding hydrogens is 262 g/mol. The zero-order chi connectivity index (χ0) is 15.3. The predicted octanol–water partition coefficient (Wildman–Crippen LogP) is 3.50. The number of benzene rings is 1. The lowest BCUT2D eigenvalue weighted by Gasteiger charge is -2.35. The molecule has 118 valence electrons.